The predicted octanol–water partition coefficient (Wildman–Crippen LogP) is 2.42. The van der Waals surface area contributed by atoms with Crippen LogP contribution in [0.4, 0.5) is 0 Å². The van der Waals surface area contributed by atoms with Crippen LogP contribution in [0.3, 0.4) is 0 Å². The molecule has 0 aliphatic carbocycles. The monoisotopic (exact) mass is 493 g/mol. The zero-order valence-corrected chi connectivity index (χ0v) is 20.2. The Labute approximate surface area is 194 Å². The number of fused-ring (bicyclic) bond motifs is 2. The Morgan fingerprint density at radius 1 is 0.848 bits per heavy atom. The summed E-state index contributed by atoms with van der Waals surface area (Å²) in [5.41, 5.74) is 0.0916. The van der Waals surface area contributed by atoms with Crippen LogP contribution in [0.1, 0.15) is 24.0 Å². The molecule has 9 nitrogen and oxygen atoms in total. The molecule has 0 unspecified atom stereocenters. The van der Waals surface area contributed by atoms with Crippen LogP contribution >= 0.6 is 0 Å². The lowest BCUT2D eigenvalue weighted by Crippen LogP contribution is -2.60. The molecule has 0 spiro atoms. The van der Waals surface area contributed by atoms with Crippen LogP contribution in [0.15, 0.2) is 58.3 Å². The molecule has 4 rings (SSSR count). The van der Waals surface area contributed by atoms with E-state index < -0.39 is 30.5 Å². The standard InChI is InChI=1S/C22H27N3O6S2/c1-17-3-7-20(8-4-17)32(28,29)23-12-11-19-13-22(15-23,25(26)27)16-24(14-19)33(30,31)21-9-5-18(2)6-10-21/h3-10,19H,11-16H2,1-2H3/t19-,22+/m0/s1. The minimum absolute atomic E-state index is 0.0761. The van der Waals surface area contributed by atoms with E-state index in [1.165, 1.54) is 24.3 Å². The van der Waals surface area contributed by atoms with Crippen molar-refractivity contribution in [3.8, 4) is 0 Å². The van der Waals surface area contributed by atoms with Gasteiger partial charge in [-0.25, -0.2) is 16.8 Å². The Balaban J connectivity index is 1.69. The van der Waals surface area contributed by atoms with Gasteiger partial charge in [-0.1, -0.05) is 35.4 Å². The molecule has 178 valence electrons. The Morgan fingerprint density at radius 3 is 1.79 bits per heavy atom. The minimum Gasteiger partial charge on any atom is -0.264 e. The van der Waals surface area contributed by atoms with Crippen LogP contribution < -0.4 is 0 Å². The summed E-state index contributed by atoms with van der Waals surface area (Å²) >= 11 is 0. The van der Waals surface area contributed by atoms with Gasteiger partial charge in [-0.15, -0.1) is 0 Å². The van der Waals surface area contributed by atoms with Crippen molar-refractivity contribution in [1.82, 2.24) is 8.61 Å². The number of benzene rings is 2. The van der Waals surface area contributed by atoms with E-state index in [9.17, 15) is 26.9 Å². The van der Waals surface area contributed by atoms with E-state index in [-0.39, 0.29) is 48.3 Å². The molecule has 0 amide bonds. The van der Waals surface area contributed by atoms with Gasteiger partial charge < -0.3 is 0 Å². The highest BCUT2D eigenvalue weighted by Crippen LogP contribution is 2.38. The van der Waals surface area contributed by atoms with E-state index in [0.29, 0.717) is 6.42 Å². The first kappa shape index (κ1) is 23.8. The van der Waals surface area contributed by atoms with Crippen molar-refractivity contribution < 1.29 is 21.8 Å². The number of rotatable bonds is 5. The largest absolute Gasteiger partial charge is 0.264 e. The SMILES string of the molecule is Cc1ccc(S(=O)(=O)N2CC[C@@H]3CN(S(=O)(=O)c4ccc(C)cc4)C[C@@]([N+](=O)[O-])(C3)C2)cc1. The van der Waals surface area contributed by atoms with Gasteiger partial charge in [-0.2, -0.15) is 8.61 Å². The average molecular weight is 494 g/mol. The molecule has 33 heavy (non-hydrogen) atoms. The Kier molecular flexibility index (Phi) is 6.10. The van der Waals surface area contributed by atoms with Crippen molar-refractivity contribution >= 4 is 20.0 Å². The van der Waals surface area contributed by atoms with E-state index in [1.807, 2.05) is 13.8 Å². The highest BCUT2D eigenvalue weighted by Gasteiger charge is 2.56. The third-order valence-corrected chi connectivity index (χ3v) is 10.2. The number of hydrogen-bond donors (Lipinski definition) is 0. The number of nitro groups is 1. The van der Waals surface area contributed by atoms with Gasteiger partial charge in [0.05, 0.1) is 22.9 Å². The fraction of sp³-hybridized carbons (Fsp3) is 0.455. The maximum Gasteiger partial charge on any atom is 0.249 e. The fourth-order valence-electron chi connectivity index (χ4n) is 4.69. The average Bonchev–Trinajstić information content (AvgIpc) is 2.90. The Hall–Kier alpha value is -2.34. The van der Waals surface area contributed by atoms with Crippen LogP contribution in [0.25, 0.3) is 0 Å². The van der Waals surface area contributed by atoms with Crippen molar-refractivity contribution in [3.63, 3.8) is 0 Å². The lowest BCUT2D eigenvalue weighted by atomic mass is 9.84. The molecular weight excluding hydrogens is 466 g/mol. The number of aryl methyl sites for hydroxylation is 2. The van der Waals surface area contributed by atoms with E-state index in [4.69, 9.17) is 0 Å². The maximum atomic E-state index is 13.3. The van der Waals surface area contributed by atoms with Gasteiger partial charge in [-0.05, 0) is 50.5 Å². The molecule has 0 saturated carbocycles. The molecular formula is C22H27N3O6S2. The third kappa shape index (κ3) is 4.42. The summed E-state index contributed by atoms with van der Waals surface area (Å²) in [4.78, 5) is 12.0. The second kappa shape index (κ2) is 8.46. The molecule has 2 bridgehead atoms. The van der Waals surface area contributed by atoms with Crippen LogP contribution in [-0.2, 0) is 20.0 Å². The summed E-state index contributed by atoms with van der Waals surface area (Å²) in [6.07, 6.45) is 0.487. The fourth-order valence-corrected chi connectivity index (χ4v) is 7.82. The topological polar surface area (TPSA) is 118 Å². The first-order valence-corrected chi connectivity index (χ1v) is 13.6. The second-order valence-electron chi connectivity index (χ2n) is 9.10. The molecule has 2 atom stereocenters. The van der Waals surface area contributed by atoms with Crippen molar-refractivity contribution in [1.29, 1.82) is 0 Å². The van der Waals surface area contributed by atoms with E-state index >= 15 is 0 Å². The molecule has 2 aromatic rings. The first-order chi connectivity index (χ1) is 15.4. The van der Waals surface area contributed by atoms with Crippen molar-refractivity contribution in [3.05, 3.63) is 69.8 Å². The zero-order chi connectivity index (χ0) is 24.0. The summed E-state index contributed by atoms with van der Waals surface area (Å²) in [6, 6.07) is 12.7. The maximum absolute atomic E-state index is 13.3. The van der Waals surface area contributed by atoms with Crippen LogP contribution in [-0.4, -0.2) is 62.1 Å². The molecule has 2 saturated heterocycles. The van der Waals surface area contributed by atoms with Gasteiger partial charge in [0.15, 0.2) is 0 Å². The molecule has 11 heteroatoms. The smallest absolute Gasteiger partial charge is 0.249 e. The van der Waals surface area contributed by atoms with Crippen molar-refractivity contribution in [2.45, 2.75) is 42.0 Å². The normalized spacial score (nSPS) is 24.8. The van der Waals surface area contributed by atoms with E-state index in [0.717, 1.165) is 19.7 Å². The summed E-state index contributed by atoms with van der Waals surface area (Å²) < 4.78 is 55.6. The molecule has 2 aromatic carbocycles. The Bertz CT molecular complexity index is 1190. The first-order valence-electron chi connectivity index (χ1n) is 10.7. The number of nitrogens with zero attached hydrogens (tertiary/aromatic N) is 3. The molecule has 2 fully saturated rings. The molecule has 2 heterocycles. The highest BCUT2D eigenvalue weighted by atomic mass is 32.2. The molecule has 2 aliphatic rings. The summed E-state index contributed by atoms with van der Waals surface area (Å²) in [5, 5.41) is 12.3. The van der Waals surface area contributed by atoms with Gasteiger partial charge in [-0.3, -0.25) is 10.1 Å². The van der Waals surface area contributed by atoms with Crippen LogP contribution in [0, 0.1) is 29.9 Å². The predicted molar refractivity (Wildman–Crippen MR) is 122 cm³/mol. The van der Waals surface area contributed by atoms with Gasteiger partial charge in [0.2, 0.25) is 25.6 Å². The number of hydrogen-bond acceptors (Lipinski definition) is 6. The summed E-state index contributed by atoms with van der Waals surface area (Å²) in [5.74, 6) is -0.317. The molecule has 0 aromatic heterocycles. The molecule has 0 radical (unpaired) electrons. The minimum atomic E-state index is -3.96. The lowest BCUT2D eigenvalue weighted by Gasteiger charge is -2.38. The van der Waals surface area contributed by atoms with E-state index in [2.05, 4.69) is 0 Å². The van der Waals surface area contributed by atoms with Crippen molar-refractivity contribution in [2.24, 2.45) is 5.92 Å². The molecule has 2 aliphatic heterocycles. The Morgan fingerprint density at radius 2 is 1.30 bits per heavy atom. The van der Waals surface area contributed by atoms with Crippen LogP contribution in [0.2, 0.25) is 0 Å². The third-order valence-electron chi connectivity index (χ3n) is 6.56. The van der Waals surface area contributed by atoms with E-state index in [1.54, 1.807) is 24.3 Å². The lowest BCUT2D eigenvalue weighted by molar-refractivity contribution is -0.573. The van der Waals surface area contributed by atoms with Crippen molar-refractivity contribution in [2.75, 3.05) is 26.2 Å². The van der Waals surface area contributed by atoms with Gasteiger partial charge in [0, 0.05) is 24.4 Å². The highest BCUT2D eigenvalue weighted by molar-refractivity contribution is 7.89. The molecule has 0 N–H and O–H groups in total. The summed E-state index contributed by atoms with van der Waals surface area (Å²) in [6.45, 7) is 3.19. The van der Waals surface area contributed by atoms with Gasteiger partial charge in [0.1, 0.15) is 0 Å². The number of piperidine rings is 1. The summed E-state index contributed by atoms with van der Waals surface area (Å²) in [7, 11) is -7.92. The van der Waals surface area contributed by atoms with Gasteiger partial charge >= 0.3 is 0 Å². The van der Waals surface area contributed by atoms with Crippen LogP contribution in [0.5, 0.6) is 0 Å². The zero-order valence-electron chi connectivity index (χ0n) is 18.5. The number of sulfonamides is 2. The quantitative estimate of drug-likeness (QED) is 0.466. The second-order valence-corrected chi connectivity index (χ2v) is 13.0. The van der Waals surface area contributed by atoms with Gasteiger partial charge in [0.25, 0.3) is 0 Å².